The lowest BCUT2D eigenvalue weighted by Gasteiger charge is -2.10. The lowest BCUT2D eigenvalue weighted by Crippen LogP contribution is -2.19. The third-order valence-electron chi connectivity index (χ3n) is 4.06. The second kappa shape index (κ2) is 8.96. The monoisotopic (exact) mass is 379 g/mol. The Labute approximate surface area is 162 Å². The van der Waals surface area contributed by atoms with Gasteiger partial charge in [-0.15, -0.1) is 0 Å². The van der Waals surface area contributed by atoms with Crippen LogP contribution in [-0.2, 0) is 11.2 Å². The van der Waals surface area contributed by atoms with Crippen molar-refractivity contribution in [3.05, 3.63) is 77.6 Å². The molecule has 3 aromatic rings. The first kappa shape index (κ1) is 19.3. The summed E-state index contributed by atoms with van der Waals surface area (Å²) in [6, 6.07) is 18.0. The van der Waals surface area contributed by atoms with Gasteiger partial charge in [0.15, 0.2) is 5.69 Å². The zero-order chi connectivity index (χ0) is 19.9. The Bertz CT molecular complexity index is 953. The van der Waals surface area contributed by atoms with Crippen LogP contribution < -0.4 is 5.32 Å². The number of benzene rings is 2. The van der Waals surface area contributed by atoms with Crippen molar-refractivity contribution >= 4 is 17.6 Å². The summed E-state index contributed by atoms with van der Waals surface area (Å²) in [6.45, 7) is 1.64. The molecule has 1 heterocycles. The van der Waals surface area contributed by atoms with Crippen LogP contribution in [0.3, 0.4) is 0 Å². The number of carbonyl (C=O) groups excluding carboxylic acids is 2. The average molecular weight is 379 g/mol. The summed E-state index contributed by atoms with van der Waals surface area (Å²) in [6.07, 6.45) is 0.0958. The molecule has 2 aromatic carbocycles. The maximum Gasteiger partial charge on any atom is 0.359 e. The van der Waals surface area contributed by atoms with Crippen molar-refractivity contribution in [2.24, 2.45) is 0 Å². The molecule has 7 heteroatoms. The van der Waals surface area contributed by atoms with E-state index in [2.05, 4.69) is 10.4 Å². The molecule has 0 spiro atoms. The standard InChI is InChI=1S/C21H21N3O4/c1-2-28-21(27)18-17(13-14-25)19(20(26)22-15-9-5-3-6-10-15)24(23-18)16-11-7-4-8-12-16/h3-12,25H,2,13-14H2,1H3,(H,22,26). The molecule has 3 rings (SSSR count). The smallest absolute Gasteiger partial charge is 0.359 e. The van der Waals surface area contributed by atoms with Gasteiger partial charge in [-0.05, 0) is 31.2 Å². The number of nitrogens with one attached hydrogen (secondary N) is 1. The van der Waals surface area contributed by atoms with Crippen molar-refractivity contribution in [1.82, 2.24) is 9.78 Å². The Hall–Kier alpha value is -3.45. The van der Waals surface area contributed by atoms with Crippen molar-refractivity contribution in [3.63, 3.8) is 0 Å². The highest BCUT2D eigenvalue weighted by Gasteiger charge is 2.28. The van der Waals surface area contributed by atoms with Crippen LogP contribution >= 0.6 is 0 Å². The molecular weight excluding hydrogens is 358 g/mol. The molecule has 0 aliphatic rings. The Morgan fingerprint density at radius 2 is 1.71 bits per heavy atom. The van der Waals surface area contributed by atoms with E-state index in [4.69, 9.17) is 4.74 Å². The highest BCUT2D eigenvalue weighted by atomic mass is 16.5. The molecule has 0 fully saturated rings. The number of carbonyl (C=O) groups is 2. The molecule has 0 bridgehead atoms. The number of esters is 1. The topological polar surface area (TPSA) is 93.5 Å². The van der Waals surface area contributed by atoms with Crippen LogP contribution in [0.4, 0.5) is 5.69 Å². The summed E-state index contributed by atoms with van der Waals surface area (Å²) in [5, 5.41) is 16.7. The molecule has 144 valence electrons. The number of para-hydroxylation sites is 2. The van der Waals surface area contributed by atoms with Crippen LogP contribution in [0.5, 0.6) is 0 Å². The van der Waals surface area contributed by atoms with E-state index in [0.717, 1.165) is 0 Å². The van der Waals surface area contributed by atoms with Crippen molar-refractivity contribution in [1.29, 1.82) is 0 Å². The van der Waals surface area contributed by atoms with Gasteiger partial charge in [0.2, 0.25) is 0 Å². The largest absolute Gasteiger partial charge is 0.461 e. The highest BCUT2D eigenvalue weighted by Crippen LogP contribution is 2.22. The van der Waals surface area contributed by atoms with E-state index in [1.807, 2.05) is 36.4 Å². The van der Waals surface area contributed by atoms with Gasteiger partial charge in [-0.3, -0.25) is 4.79 Å². The van der Waals surface area contributed by atoms with Crippen molar-refractivity contribution in [2.75, 3.05) is 18.5 Å². The van der Waals surface area contributed by atoms with Crippen LogP contribution in [0, 0.1) is 0 Å². The predicted molar refractivity (Wildman–Crippen MR) is 105 cm³/mol. The number of rotatable bonds is 7. The van der Waals surface area contributed by atoms with Gasteiger partial charge in [0.1, 0.15) is 5.69 Å². The zero-order valence-corrected chi connectivity index (χ0v) is 15.5. The van der Waals surface area contributed by atoms with Crippen LogP contribution in [0.2, 0.25) is 0 Å². The van der Waals surface area contributed by atoms with Crippen LogP contribution in [0.25, 0.3) is 5.69 Å². The van der Waals surface area contributed by atoms with Crippen LogP contribution in [0.1, 0.15) is 33.5 Å². The molecule has 0 atom stereocenters. The number of aromatic nitrogens is 2. The number of anilines is 1. The summed E-state index contributed by atoms with van der Waals surface area (Å²) in [5.41, 5.74) is 1.79. The summed E-state index contributed by atoms with van der Waals surface area (Å²) < 4.78 is 6.50. The van der Waals surface area contributed by atoms with Gasteiger partial charge in [0.25, 0.3) is 5.91 Å². The Morgan fingerprint density at radius 1 is 1.07 bits per heavy atom. The first-order valence-corrected chi connectivity index (χ1v) is 8.97. The fourth-order valence-electron chi connectivity index (χ4n) is 2.86. The molecular formula is C21H21N3O4. The number of amides is 1. The van der Waals surface area contributed by atoms with Crippen molar-refractivity contribution in [3.8, 4) is 5.69 Å². The van der Waals surface area contributed by atoms with Gasteiger partial charge < -0.3 is 15.2 Å². The van der Waals surface area contributed by atoms with Gasteiger partial charge in [-0.25, -0.2) is 9.48 Å². The normalized spacial score (nSPS) is 10.5. The Morgan fingerprint density at radius 3 is 2.32 bits per heavy atom. The molecule has 0 radical (unpaired) electrons. The molecule has 0 saturated heterocycles. The molecule has 1 amide bonds. The van der Waals surface area contributed by atoms with E-state index in [1.54, 1.807) is 31.2 Å². The van der Waals surface area contributed by atoms with E-state index < -0.39 is 11.9 Å². The number of hydrogen-bond donors (Lipinski definition) is 2. The van der Waals surface area contributed by atoms with E-state index in [0.29, 0.717) is 16.9 Å². The third kappa shape index (κ3) is 4.10. The van der Waals surface area contributed by atoms with E-state index in [9.17, 15) is 14.7 Å². The third-order valence-corrected chi connectivity index (χ3v) is 4.06. The van der Waals surface area contributed by atoms with E-state index in [-0.39, 0.29) is 31.0 Å². The minimum absolute atomic E-state index is 0.0259. The molecule has 1 aromatic heterocycles. The fraction of sp³-hybridized carbons (Fsp3) is 0.190. The molecule has 0 aliphatic heterocycles. The van der Waals surface area contributed by atoms with Gasteiger partial charge in [0, 0.05) is 24.3 Å². The van der Waals surface area contributed by atoms with Crippen molar-refractivity contribution < 1.29 is 19.4 Å². The molecule has 7 nitrogen and oxygen atoms in total. The quantitative estimate of drug-likeness (QED) is 0.616. The molecule has 0 aliphatic carbocycles. The van der Waals surface area contributed by atoms with Gasteiger partial charge in [-0.2, -0.15) is 5.10 Å². The number of aliphatic hydroxyl groups excluding tert-OH is 1. The maximum absolute atomic E-state index is 13.1. The molecule has 0 unspecified atom stereocenters. The molecule has 28 heavy (non-hydrogen) atoms. The fourth-order valence-corrected chi connectivity index (χ4v) is 2.86. The maximum atomic E-state index is 13.1. The summed E-state index contributed by atoms with van der Waals surface area (Å²) >= 11 is 0. The minimum atomic E-state index is -0.630. The highest BCUT2D eigenvalue weighted by molar-refractivity contribution is 6.06. The average Bonchev–Trinajstić information content (AvgIpc) is 3.09. The van der Waals surface area contributed by atoms with Crippen LogP contribution in [-0.4, -0.2) is 40.0 Å². The van der Waals surface area contributed by atoms with Gasteiger partial charge in [-0.1, -0.05) is 36.4 Å². The second-order valence-corrected chi connectivity index (χ2v) is 5.94. The number of hydrogen-bond acceptors (Lipinski definition) is 5. The lowest BCUT2D eigenvalue weighted by atomic mass is 10.1. The van der Waals surface area contributed by atoms with Gasteiger partial charge in [0.05, 0.1) is 12.3 Å². The predicted octanol–water partition coefficient (Wildman–Crippen LogP) is 2.84. The van der Waals surface area contributed by atoms with E-state index in [1.165, 1.54) is 4.68 Å². The summed E-state index contributed by atoms with van der Waals surface area (Å²) in [7, 11) is 0. The molecule has 2 N–H and O–H groups in total. The summed E-state index contributed by atoms with van der Waals surface area (Å²) in [5.74, 6) is -1.06. The lowest BCUT2D eigenvalue weighted by molar-refractivity contribution is 0.0517. The molecule has 0 saturated carbocycles. The Kier molecular flexibility index (Phi) is 6.18. The van der Waals surface area contributed by atoms with Crippen LogP contribution in [0.15, 0.2) is 60.7 Å². The number of nitrogens with zero attached hydrogens (tertiary/aromatic N) is 2. The minimum Gasteiger partial charge on any atom is -0.461 e. The summed E-state index contributed by atoms with van der Waals surface area (Å²) in [4.78, 5) is 25.5. The number of aliphatic hydroxyl groups is 1. The first-order chi connectivity index (χ1) is 13.7. The van der Waals surface area contributed by atoms with Gasteiger partial charge >= 0.3 is 5.97 Å². The number of ether oxygens (including phenoxy) is 1. The van der Waals surface area contributed by atoms with Crippen molar-refractivity contribution in [2.45, 2.75) is 13.3 Å². The Balaban J connectivity index is 2.13. The first-order valence-electron chi connectivity index (χ1n) is 8.97. The SMILES string of the molecule is CCOC(=O)c1nn(-c2ccccc2)c(C(=O)Nc2ccccc2)c1CCO. The zero-order valence-electron chi connectivity index (χ0n) is 15.5. The second-order valence-electron chi connectivity index (χ2n) is 5.94. The van der Waals surface area contributed by atoms with E-state index >= 15 is 0 Å².